The normalized spacial score (nSPS) is 17.2. The average Bonchev–Trinajstić information content (AvgIpc) is 2.57. The van der Waals surface area contributed by atoms with Crippen molar-refractivity contribution in [2.75, 3.05) is 0 Å². The molecule has 124 valence electrons. The fraction of sp³-hybridized carbons (Fsp3) is 0.300. The molecule has 1 aliphatic rings. The van der Waals surface area contributed by atoms with Crippen molar-refractivity contribution >= 4 is 0 Å². The van der Waals surface area contributed by atoms with Crippen LogP contribution in [0.3, 0.4) is 0 Å². The average molecular weight is 332 g/mol. The lowest BCUT2D eigenvalue weighted by Gasteiger charge is -2.28. The van der Waals surface area contributed by atoms with Gasteiger partial charge < -0.3 is 0 Å². The van der Waals surface area contributed by atoms with Crippen molar-refractivity contribution in [2.24, 2.45) is 0 Å². The van der Waals surface area contributed by atoms with Gasteiger partial charge in [-0.05, 0) is 54.7 Å². The second-order valence-electron chi connectivity index (χ2n) is 6.13. The predicted molar refractivity (Wildman–Crippen MR) is 84.9 cm³/mol. The van der Waals surface area contributed by atoms with E-state index in [1.54, 1.807) is 0 Å². The zero-order valence-corrected chi connectivity index (χ0v) is 13.0. The quantitative estimate of drug-likeness (QED) is 0.467. The molecule has 2 aromatic rings. The Bertz CT molecular complexity index is 772. The minimum Gasteiger partial charge on any atom is -0.207 e. The van der Waals surface area contributed by atoms with E-state index in [0.29, 0.717) is 18.4 Å². The maximum atomic E-state index is 13.2. The van der Waals surface area contributed by atoms with Gasteiger partial charge in [-0.3, -0.25) is 0 Å². The van der Waals surface area contributed by atoms with Gasteiger partial charge in [-0.25, -0.2) is 17.6 Å². The summed E-state index contributed by atoms with van der Waals surface area (Å²) >= 11 is 0. The number of rotatable bonds is 1. The van der Waals surface area contributed by atoms with Gasteiger partial charge in [0.15, 0.2) is 11.6 Å². The third-order valence-corrected chi connectivity index (χ3v) is 4.37. The summed E-state index contributed by atoms with van der Waals surface area (Å²) in [4.78, 5) is 0. The Morgan fingerprint density at radius 1 is 0.792 bits per heavy atom. The molecular weight excluding hydrogens is 316 g/mol. The molecule has 0 saturated heterocycles. The Morgan fingerprint density at radius 3 is 2.00 bits per heavy atom. The fourth-order valence-electron chi connectivity index (χ4n) is 2.93. The van der Waals surface area contributed by atoms with Crippen molar-refractivity contribution in [1.29, 1.82) is 0 Å². The highest BCUT2D eigenvalue weighted by molar-refractivity contribution is 5.44. The van der Waals surface area contributed by atoms with Crippen molar-refractivity contribution < 1.29 is 17.6 Å². The van der Waals surface area contributed by atoms with Gasteiger partial charge in [0.2, 0.25) is 5.92 Å². The molecule has 0 heterocycles. The summed E-state index contributed by atoms with van der Waals surface area (Å²) in [5.41, 5.74) is 2.18. The Morgan fingerprint density at radius 2 is 1.38 bits per heavy atom. The topological polar surface area (TPSA) is 0 Å². The molecule has 24 heavy (non-hydrogen) atoms. The molecule has 0 N–H and O–H groups in total. The molecule has 2 aromatic carbocycles. The first-order valence-corrected chi connectivity index (χ1v) is 7.88. The van der Waals surface area contributed by atoms with Gasteiger partial charge in [0.05, 0.1) is 0 Å². The predicted octanol–water partition coefficient (Wildman–Crippen LogP) is 5.66. The molecule has 0 bridgehead atoms. The van der Waals surface area contributed by atoms with Gasteiger partial charge in [-0.15, -0.1) is 0 Å². The van der Waals surface area contributed by atoms with E-state index >= 15 is 0 Å². The van der Waals surface area contributed by atoms with Gasteiger partial charge in [-0.1, -0.05) is 24.0 Å². The van der Waals surface area contributed by atoms with Crippen LogP contribution in [0.15, 0.2) is 42.5 Å². The van der Waals surface area contributed by atoms with Gasteiger partial charge in [0, 0.05) is 24.0 Å². The van der Waals surface area contributed by atoms with Gasteiger partial charge in [0.1, 0.15) is 0 Å². The number of hydrogen-bond donors (Lipinski definition) is 0. The lowest BCUT2D eigenvalue weighted by molar-refractivity contribution is -0.0382. The van der Waals surface area contributed by atoms with Crippen LogP contribution in [0, 0.1) is 23.5 Å². The molecule has 0 amide bonds. The number of halogens is 4. The fourth-order valence-corrected chi connectivity index (χ4v) is 2.93. The second-order valence-corrected chi connectivity index (χ2v) is 6.13. The van der Waals surface area contributed by atoms with E-state index in [2.05, 4.69) is 11.8 Å². The van der Waals surface area contributed by atoms with Crippen LogP contribution in [0.1, 0.15) is 48.3 Å². The van der Waals surface area contributed by atoms with Gasteiger partial charge >= 0.3 is 0 Å². The highest BCUT2D eigenvalue weighted by Gasteiger charge is 2.35. The molecule has 0 unspecified atom stereocenters. The Hall–Kier alpha value is -2.28. The number of alkyl halides is 2. The zero-order chi connectivity index (χ0) is 17.2. The molecule has 3 rings (SSSR count). The van der Waals surface area contributed by atoms with Crippen LogP contribution in [0.5, 0.6) is 0 Å². The van der Waals surface area contributed by atoms with Gasteiger partial charge in [0.25, 0.3) is 0 Å². The van der Waals surface area contributed by atoms with Crippen LogP contribution in [0.2, 0.25) is 0 Å². The van der Waals surface area contributed by atoms with Crippen molar-refractivity contribution in [3.05, 3.63) is 70.8 Å². The summed E-state index contributed by atoms with van der Waals surface area (Å²) in [6.45, 7) is 0. The van der Waals surface area contributed by atoms with E-state index in [4.69, 9.17) is 0 Å². The van der Waals surface area contributed by atoms with Crippen LogP contribution >= 0.6 is 0 Å². The molecule has 0 nitrogen and oxygen atoms in total. The van der Waals surface area contributed by atoms with Crippen molar-refractivity contribution in [3.63, 3.8) is 0 Å². The molecule has 0 aromatic heterocycles. The minimum atomic E-state index is -2.52. The maximum Gasteiger partial charge on any atom is 0.248 e. The molecule has 0 aliphatic heterocycles. The first-order valence-electron chi connectivity index (χ1n) is 7.88. The molecule has 0 atom stereocenters. The second kappa shape index (κ2) is 6.68. The largest absolute Gasteiger partial charge is 0.248 e. The third-order valence-electron chi connectivity index (χ3n) is 4.37. The number of benzene rings is 2. The molecular formula is C20H16F4. The van der Waals surface area contributed by atoms with Crippen LogP contribution in [0.4, 0.5) is 17.6 Å². The third kappa shape index (κ3) is 3.97. The molecule has 0 spiro atoms. The summed E-state index contributed by atoms with van der Waals surface area (Å²) in [6.07, 6.45) is 0.866. The van der Waals surface area contributed by atoms with E-state index in [1.165, 1.54) is 6.07 Å². The Labute approximate surface area is 138 Å². The Kier molecular flexibility index (Phi) is 4.62. The highest BCUT2D eigenvalue weighted by Crippen LogP contribution is 2.40. The summed E-state index contributed by atoms with van der Waals surface area (Å²) in [5, 5.41) is 0. The molecule has 0 radical (unpaired) electrons. The van der Waals surface area contributed by atoms with E-state index in [9.17, 15) is 17.6 Å². The van der Waals surface area contributed by atoms with Crippen LogP contribution in [-0.4, -0.2) is 5.92 Å². The first kappa shape index (κ1) is 16.6. The van der Waals surface area contributed by atoms with Crippen LogP contribution < -0.4 is 0 Å². The smallest absolute Gasteiger partial charge is 0.207 e. The lowest BCUT2D eigenvalue weighted by atomic mass is 9.82. The lowest BCUT2D eigenvalue weighted by Crippen LogP contribution is -2.23. The molecule has 1 aliphatic carbocycles. The standard InChI is InChI=1S/C20H16F4/c21-18-8-5-15(13-19(18)22)2-1-14-3-6-16(7-4-14)17-9-11-20(23,24)12-10-17/h3-8,13,17H,9-12H2. The van der Waals surface area contributed by atoms with Gasteiger partial charge in [-0.2, -0.15) is 0 Å². The minimum absolute atomic E-state index is 0.0602. The SMILES string of the molecule is Fc1ccc(C#Cc2ccc(C3CCC(F)(F)CC3)cc2)cc1F. The first-order chi connectivity index (χ1) is 11.4. The van der Waals surface area contributed by atoms with Crippen molar-refractivity contribution in [3.8, 4) is 11.8 Å². The van der Waals surface area contributed by atoms with Crippen LogP contribution in [0.25, 0.3) is 0 Å². The van der Waals surface area contributed by atoms with E-state index in [0.717, 1.165) is 23.3 Å². The molecule has 4 heteroatoms. The van der Waals surface area contributed by atoms with E-state index < -0.39 is 17.6 Å². The van der Waals surface area contributed by atoms with E-state index in [-0.39, 0.29) is 18.8 Å². The number of hydrogen-bond acceptors (Lipinski definition) is 0. The Balaban J connectivity index is 1.69. The zero-order valence-electron chi connectivity index (χ0n) is 13.0. The summed E-state index contributed by atoms with van der Waals surface area (Å²) in [5.74, 6) is 1.49. The van der Waals surface area contributed by atoms with Crippen molar-refractivity contribution in [1.82, 2.24) is 0 Å². The molecule has 1 saturated carbocycles. The highest BCUT2D eigenvalue weighted by atomic mass is 19.3. The summed E-state index contributed by atoms with van der Waals surface area (Å²) in [7, 11) is 0. The van der Waals surface area contributed by atoms with Crippen LogP contribution in [-0.2, 0) is 0 Å². The monoisotopic (exact) mass is 332 g/mol. The summed E-state index contributed by atoms with van der Waals surface area (Å²) in [6, 6.07) is 11.0. The van der Waals surface area contributed by atoms with Crippen molar-refractivity contribution in [2.45, 2.75) is 37.5 Å². The summed E-state index contributed by atoms with van der Waals surface area (Å²) < 4.78 is 52.4. The molecule has 1 fully saturated rings. The van der Waals surface area contributed by atoms with E-state index in [1.807, 2.05) is 24.3 Å². The maximum absolute atomic E-state index is 13.2.